The first-order valence-electron chi connectivity index (χ1n) is 6.03. The minimum Gasteiger partial charge on any atom is -0.336 e. The number of imide groups is 1. The first kappa shape index (κ1) is 18.6. The third-order valence-corrected chi connectivity index (χ3v) is 3.75. The molecule has 126 valence electrons. The van der Waals surface area contributed by atoms with Crippen LogP contribution in [0.4, 0.5) is 9.59 Å². The van der Waals surface area contributed by atoms with Crippen LogP contribution in [0.2, 0.25) is 0 Å². The van der Waals surface area contributed by atoms with Crippen LogP contribution < -0.4 is 5.32 Å². The van der Waals surface area contributed by atoms with Crippen molar-refractivity contribution in [1.82, 2.24) is 10.2 Å². The van der Waals surface area contributed by atoms with Crippen molar-refractivity contribution >= 4 is 32.5 Å². The molecule has 0 atom stereocenters. The molecule has 0 radical (unpaired) electrons. The second kappa shape index (κ2) is 8.24. The van der Waals surface area contributed by atoms with Gasteiger partial charge in [-0.25, -0.2) is 22.9 Å². The number of nitrogens with one attached hydrogen (secondary N) is 1. The van der Waals surface area contributed by atoms with E-state index < -0.39 is 32.5 Å². The molecular weight excluding hydrogens is 350 g/mol. The summed E-state index contributed by atoms with van der Waals surface area (Å²) in [6.07, 6.45) is 0.0849. The maximum Gasteiger partial charge on any atom is 0.445 e. The van der Waals surface area contributed by atoms with Gasteiger partial charge in [0.25, 0.3) is 0 Å². The molecule has 0 saturated carbocycles. The fourth-order valence-electron chi connectivity index (χ4n) is 1.43. The molecule has 23 heavy (non-hydrogen) atoms. The number of benzene rings is 1. The van der Waals surface area contributed by atoms with Crippen molar-refractivity contribution in [3.05, 3.63) is 30.3 Å². The van der Waals surface area contributed by atoms with E-state index in [1.807, 2.05) is 0 Å². The molecule has 1 aliphatic heterocycles. The van der Waals surface area contributed by atoms with Gasteiger partial charge in [-0.1, -0.05) is 18.2 Å². The lowest BCUT2D eigenvalue weighted by Crippen LogP contribution is -2.33. The molecule has 1 heterocycles. The molecule has 0 aliphatic carbocycles. The Morgan fingerprint density at radius 1 is 1.30 bits per heavy atom. The predicted molar refractivity (Wildman–Crippen MR) is 77.5 cm³/mol. The lowest BCUT2D eigenvalue weighted by atomic mass is 10.4. The molecule has 1 aliphatic rings. The van der Waals surface area contributed by atoms with Crippen LogP contribution in [0, 0.1) is 0 Å². The SMILES string of the molecule is CS(=O)(=O)c1ccccc1.O=C1NCCN1C(=O)ON=S(=O)=O. The summed E-state index contributed by atoms with van der Waals surface area (Å²) in [5.41, 5.74) is 0. The maximum atomic E-state index is 10.8. The van der Waals surface area contributed by atoms with Gasteiger partial charge in [0.15, 0.2) is 9.84 Å². The van der Waals surface area contributed by atoms with Crippen LogP contribution >= 0.6 is 0 Å². The van der Waals surface area contributed by atoms with E-state index in [1.54, 1.807) is 30.3 Å². The normalized spacial score (nSPS) is 13.4. The van der Waals surface area contributed by atoms with Crippen molar-refractivity contribution in [2.75, 3.05) is 19.3 Å². The van der Waals surface area contributed by atoms with E-state index in [9.17, 15) is 26.4 Å². The number of hydrogen-bond donors (Lipinski definition) is 1. The van der Waals surface area contributed by atoms with E-state index >= 15 is 0 Å². The molecular formula is C11H13N3O7S2. The Balaban J connectivity index is 0.000000238. The van der Waals surface area contributed by atoms with Crippen molar-refractivity contribution in [3.63, 3.8) is 0 Å². The highest BCUT2D eigenvalue weighted by Gasteiger charge is 2.27. The van der Waals surface area contributed by atoms with Gasteiger partial charge < -0.3 is 5.32 Å². The number of carbonyl (C=O) groups excluding carboxylic acids is 2. The number of amides is 3. The Labute approximate surface area is 133 Å². The Morgan fingerprint density at radius 2 is 1.91 bits per heavy atom. The average Bonchev–Trinajstić information content (AvgIpc) is 2.92. The lowest BCUT2D eigenvalue weighted by Gasteiger charge is -2.06. The first-order chi connectivity index (χ1) is 10.7. The lowest BCUT2D eigenvalue weighted by molar-refractivity contribution is 0.122. The number of nitrogens with zero attached hydrogens (tertiary/aromatic N) is 2. The average molecular weight is 363 g/mol. The number of sulfone groups is 1. The van der Waals surface area contributed by atoms with Crippen molar-refractivity contribution in [2.24, 2.45) is 4.53 Å². The highest BCUT2D eigenvalue weighted by molar-refractivity contribution is 7.90. The van der Waals surface area contributed by atoms with Gasteiger partial charge >= 0.3 is 22.6 Å². The molecule has 0 spiro atoms. The van der Waals surface area contributed by atoms with E-state index in [4.69, 9.17) is 0 Å². The molecule has 0 unspecified atom stereocenters. The van der Waals surface area contributed by atoms with Crippen LogP contribution in [0.3, 0.4) is 0 Å². The smallest absolute Gasteiger partial charge is 0.336 e. The third kappa shape index (κ3) is 6.44. The summed E-state index contributed by atoms with van der Waals surface area (Å²) in [6.45, 7) is 0.451. The quantitative estimate of drug-likeness (QED) is 0.741. The summed E-state index contributed by atoms with van der Waals surface area (Å²) < 4.78 is 43.8. The summed E-state index contributed by atoms with van der Waals surface area (Å²) in [5.74, 6) is 0. The van der Waals surface area contributed by atoms with E-state index in [0.29, 0.717) is 16.3 Å². The Bertz CT molecular complexity index is 795. The monoisotopic (exact) mass is 363 g/mol. The predicted octanol–water partition coefficient (Wildman–Crippen LogP) is 0.216. The van der Waals surface area contributed by atoms with Crippen LogP contribution in [-0.4, -0.2) is 53.2 Å². The van der Waals surface area contributed by atoms with Gasteiger partial charge in [-0.05, 0) is 12.1 Å². The van der Waals surface area contributed by atoms with Crippen LogP contribution in [0.25, 0.3) is 0 Å². The van der Waals surface area contributed by atoms with Crippen molar-refractivity contribution < 1.29 is 31.3 Å². The summed E-state index contributed by atoms with van der Waals surface area (Å²) in [4.78, 5) is 26.6. The van der Waals surface area contributed by atoms with Crippen LogP contribution in [0.15, 0.2) is 39.8 Å². The van der Waals surface area contributed by atoms with Crippen LogP contribution in [-0.2, 0) is 25.2 Å². The standard InChI is InChI=1S/C7H8O2S.C4H5N3O5S/c1-10(8,9)7-5-3-2-4-6-7;8-3-5-1-2-7(3)4(9)12-6-13(10)11/h2-6H,1H3;1-2H2,(H,5,8). The summed E-state index contributed by atoms with van der Waals surface area (Å²) in [5, 5.41) is 2.33. The zero-order valence-electron chi connectivity index (χ0n) is 11.9. The second-order valence-electron chi connectivity index (χ2n) is 4.12. The zero-order valence-corrected chi connectivity index (χ0v) is 13.5. The van der Waals surface area contributed by atoms with Gasteiger partial charge in [-0.2, -0.15) is 8.42 Å². The van der Waals surface area contributed by atoms with E-state index in [2.05, 4.69) is 14.7 Å². The topological polar surface area (TPSA) is 139 Å². The third-order valence-electron chi connectivity index (χ3n) is 2.42. The Morgan fingerprint density at radius 3 is 2.30 bits per heavy atom. The number of carbonyl (C=O) groups is 2. The largest absolute Gasteiger partial charge is 0.445 e. The molecule has 12 heteroatoms. The summed E-state index contributed by atoms with van der Waals surface area (Å²) >= 11 is 0. The number of rotatable bonds is 2. The molecule has 0 bridgehead atoms. The van der Waals surface area contributed by atoms with Gasteiger partial charge in [0.2, 0.25) is 0 Å². The molecule has 2 rings (SSSR count). The second-order valence-corrected chi connectivity index (χ2v) is 6.72. The van der Waals surface area contributed by atoms with Crippen molar-refractivity contribution in [3.8, 4) is 0 Å². The zero-order chi connectivity index (χ0) is 17.5. The molecule has 3 amide bonds. The van der Waals surface area contributed by atoms with Crippen molar-refractivity contribution in [1.29, 1.82) is 0 Å². The molecule has 1 fully saturated rings. The van der Waals surface area contributed by atoms with Crippen LogP contribution in [0.5, 0.6) is 0 Å². The van der Waals surface area contributed by atoms with Gasteiger partial charge in [0, 0.05) is 12.8 Å². The fraction of sp³-hybridized carbons (Fsp3) is 0.273. The molecule has 1 aromatic rings. The van der Waals surface area contributed by atoms with Crippen LogP contribution in [0.1, 0.15) is 0 Å². The fourth-order valence-corrected chi connectivity index (χ4v) is 2.20. The van der Waals surface area contributed by atoms with Gasteiger partial charge in [0.05, 0.1) is 16.0 Å². The molecule has 10 nitrogen and oxygen atoms in total. The molecule has 1 N–H and O–H groups in total. The molecule has 1 saturated heterocycles. The summed E-state index contributed by atoms with van der Waals surface area (Å²) in [6, 6.07) is 7.73. The Hall–Kier alpha value is -2.47. The van der Waals surface area contributed by atoms with E-state index in [-0.39, 0.29) is 6.54 Å². The molecule has 1 aromatic carbocycles. The van der Waals surface area contributed by atoms with Crippen molar-refractivity contribution in [2.45, 2.75) is 4.90 Å². The number of hydrogen-bond acceptors (Lipinski definition) is 8. The minimum absolute atomic E-state index is 0.138. The minimum atomic E-state index is -3.00. The maximum absolute atomic E-state index is 10.8. The van der Waals surface area contributed by atoms with Gasteiger partial charge in [-0.3, -0.25) is 4.84 Å². The number of urea groups is 1. The first-order valence-corrected chi connectivity index (χ1v) is 8.96. The Kier molecular flexibility index (Phi) is 6.65. The van der Waals surface area contributed by atoms with E-state index in [0.717, 1.165) is 0 Å². The van der Waals surface area contributed by atoms with Gasteiger partial charge in [-0.15, -0.1) is 0 Å². The highest BCUT2D eigenvalue weighted by Crippen LogP contribution is 2.05. The van der Waals surface area contributed by atoms with E-state index in [1.165, 1.54) is 6.26 Å². The molecule has 0 aromatic heterocycles. The van der Waals surface area contributed by atoms with Gasteiger partial charge in [0.1, 0.15) is 0 Å². The summed E-state index contributed by atoms with van der Waals surface area (Å²) in [7, 11) is -5.83. The highest BCUT2D eigenvalue weighted by atomic mass is 32.2.